The second-order valence-electron chi connectivity index (χ2n) is 5.11. The molecule has 0 bridgehead atoms. The number of carboxylic acid groups (broad SMARTS) is 1. The molecule has 0 unspecified atom stereocenters. The summed E-state index contributed by atoms with van der Waals surface area (Å²) in [5.41, 5.74) is 0.668. The minimum Gasteiger partial charge on any atom is -0.508 e. The summed E-state index contributed by atoms with van der Waals surface area (Å²) in [5.74, 6) is -0.984. The van der Waals surface area contributed by atoms with E-state index in [0.29, 0.717) is 16.9 Å². The predicted molar refractivity (Wildman–Crippen MR) is 65.5 cm³/mol. The third kappa shape index (κ3) is 1.95. The van der Waals surface area contributed by atoms with Crippen LogP contribution in [0.1, 0.15) is 35.2 Å². The van der Waals surface area contributed by atoms with Crippen molar-refractivity contribution in [2.45, 2.75) is 31.8 Å². The number of phenols is 1. The van der Waals surface area contributed by atoms with E-state index in [9.17, 15) is 14.7 Å². The number of carbonyl (C=O) groups excluding carboxylic acids is 1. The molecule has 2 N–H and O–H groups in total. The molecule has 1 aromatic rings. The van der Waals surface area contributed by atoms with Crippen molar-refractivity contribution in [1.82, 2.24) is 0 Å². The Morgan fingerprint density at radius 2 is 2.16 bits per heavy atom. The van der Waals surface area contributed by atoms with E-state index >= 15 is 0 Å². The minimum absolute atomic E-state index is 0.0417. The summed E-state index contributed by atoms with van der Waals surface area (Å²) < 4.78 is 5.76. The number of carbonyl (C=O) groups is 2. The fourth-order valence-corrected chi connectivity index (χ4v) is 3.05. The van der Waals surface area contributed by atoms with Gasteiger partial charge in [0.15, 0.2) is 5.78 Å². The van der Waals surface area contributed by atoms with E-state index in [-0.39, 0.29) is 30.0 Å². The van der Waals surface area contributed by atoms with Gasteiger partial charge >= 0.3 is 5.97 Å². The fourth-order valence-electron chi connectivity index (χ4n) is 3.05. The number of ether oxygens (including phenoxy) is 1. The van der Waals surface area contributed by atoms with E-state index in [1.54, 1.807) is 0 Å². The number of ketones is 1. The summed E-state index contributed by atoms with van der Waals surface area (Å²) in [6.45, 7) is 0. The third-order valence-corrected chi connectivity index (χ3v) is 3.82. The zero-order chi connectivity index (χ0) is 13.6. The topological polar surface area (TPSA) is 83.8 Å². The average molecular weight is 262 g/mol. The van der Waals surface area contributed by atoms with Crippen LogP contribution in [0.5, 0.6) is 11.5 Å². The Kier molecular flexibility index (Phi) is 2.69. The molecule has 0 aromatic heterocycles. The van der Waals surface area contributed by atoms with Crippen molar-refractivity contribution in [1.29, 1.82) is 0 Å². The van der Waals surface area contributed by atoms with Crippen LogP contribution in [0.15, 0.2) is 12.1 Å². The lowest BCUT2D eigenvalue weighted by atomic mass is 9.87. The quantitative estimate of drug-likeness (QED) is 0.848. The number of Topliss-reactive ketones (excluding diaryl/α,β-unsaturated/α-hetero) is 1. The zero-order valence-corrected chi connectivity index (χ0v) is 10.3. The van der Waals surface area contributed by atoms with Gasteiger partial charge in [-0.1, -0.05) is 0 Å². The Bertz CT molecular complexity index is 563. The highest BCUT2D eigenvalue weighted by molar-refractivity contribution is 6.04. The van der Waals surface area contributed by atoms with Gasteiger partial charge in [-0.25, -0.2) is 0 Å². The van der Waals surface area contributed by atoms with Crippen LogP contribution in [0.3, 0.4) is 0 Å². The van der Waals surface area contributed by atoms with Crippen LogP contribution >= 0.6 is 0 Å². The van der Waals surface area contributed by atoms with Gasteiger partial charge in [-0.05, 0) is 30.9 Å². The van der Waals surface area contributed by atoms with E-state index in [1.165, 1.54) is 12.1 Å². The standard InChI is InChI=1S/C14H14O5/c15-8-4-7(5-12(16)17)13-11(6-8)19-10-3-1-2-9(10)14(13)18/h4,6,9-10,15H,1-3,5H2,(H,16,17)/t9-,10+/m1/s1. The van der Waals surface area contributed by atoms with Gasteiger partial charge in [0.05, 0.1) is 17.9 Å². The molecule has 1 aliphatic carbocycles. The van der Waals surface area contributed by atoms with Gasteiger partial charge in [-0.15, -0.1) is 0 Å². The van der Waals surface area contributed by atoms with Crippen LogP contribution in [0.25, 0.3) is 0 Å². The van der Waals surface area contributed by atoms with Gasteiger partial charge in [-0.2, -0.15) is 0 Å². The first-order valence-electron chi connectivity index (χ1n) is 6.35. The maximum atomic E-state index is 12.5. The number of hydrogen-bond donors (Lipinski definition) is 2. The summed E-state index contributed by atoms with van der Waals surface area (Å²) >= 11 is 0. The van der Waals surface area contributed by atoms with Gasteiger partial charge in [-0.3, -0.25) is 9.59 Å². The van der Waals surface area contributed by atoms with Crippen molar-refractivity contribution in [2.75, 3.05) is 0 Å². The first-order valence-corrected chi connectivity index (χ1v) is 6.35. The van der Waals surface area contributed by atoms with Crippen LogP contribution in [0.2, 0.25) is 0 Å². The molecule has 100 valence electrons. The van der Waals surface area contributed by atoms with Crippen molar-refractivity contribution >= 4 is 11.8 Å². The molecule has 3 rings (SSSR count). The van der Waals surface area contributed by atoms with Crippen LogP contribution in [-0.2, 0) is 11.2 Å². The first-order chi connectivity index (χ1) is 9.06. The SMILES string of the molecule is O=C(O)Cc1cc(O)cc2c1C(=O)[C@@H]1CCC[C@@H]1O2. The monoisotopic (exact) mass is 262 g/mol. The summed E-state index contributed by atoms with van der Waals surface area (Å²) in [6.07, 6.45) is 2.15. The van der Waals surface area contributed by atoms with Crippen molar-refractivity contribution in [3.63, 3.8) is 0 Å². The maximum absolute atomic E-state index is 12.5. The molecular weight excluding hydrogens is 248 g/mol. The first kappa shape index (κ1) is 12.0. The highest BCUT2D eigenvalue weighted by Crippen LogP contribution is 2.42. The van der Waals surface area contributed by atoms with E-state index in [4.69, 9.17) is 9.84 Å². The van der Waals surface area contributed by atoms with E-state index < -0.39 is 5.97 Å². The highest BCUT2D eigenvalue weighted by atomic mass is 16.5. The largest absolute Gasteiger partial charge is 0.508 e. The smallest absolute Gasteiger partial charge is 0.307 e. The molecule has 0 amide bonds. The molecule has 1 aromatic carbocycles. The van der Waals surface area contributed by atoms with Crippen molar-refractivity contribution in [3.05, 3.63) is 23.3 Å². The number of hydrogen-bond acceptors (Lipinski definition) is 4. The molecule has 2 aliphatic rings. The van der Waals surface area contributed by atoms with Gasteiger partial charge < -0.3 is 14.9 Å². The second-order valence-corrected chi connectivity index (χ2v) is 5.11. The lowest BCUT2D eigenvalue weighted by Gasteiger charge is -2.29. The van der Waals surface area contributed by atoms with Gasteiger partial charge in [0.1, 0.15) is 17.6 Å². The van der Waals surface area contributed by atoms with Crippen molar-refractivity contribution in [3.8, 4) is 11.5 Å². The van der Waals surface area contributed by atoms with E-state index in [2.05, 4.69) is 0 Å². The van der Waals surface area contributed by atoms with Gasteiger partial charge in [0.25, 0.3) is 0 Å². The van der Waals surface area contributed by atoms with Crippen LogP contribution in [0.4, 0.5) is 0 Å². The lowest BCUT2D eigenvalue weighted by Crippen LogP contribution is -2.34. The molecule has 0 radical (unpaired) electrons. The molecule has 1 heterocycles. The van der Waals surface area contributed by atoms with E-state index in [1.807, 2.05) is 0 Å². The number of aliphatic carboxylic acids is 1. The molecular formula is C14H14O5. The van der Waals surface area contributed by atoms with E-state index in [0.717, 1.165) is 19.3 Å². The molecule has 1 saturated carbocycles. The molecule has 1 fully saturated rings. The van der Waals surface area contributed by atoms with Crippen molar-refractivity contribution < 1.29 is 24.5 Å². The second kappa shape index (κ2) is 4.26. The number of phenolic OH excluding ortho intramolecular Hbond substituents is 1. The zero-order valence-electron chi connectivity index (χ0n) is 10.3. The fraction of sp³-hybridized carbons (Fsp3) is 0.429. The Hall–Kier alpha value is -2.04. The molecule has 1 aliphatic heterocycles. The van der Waals surface area contributed by atoms with Crippen LogP contribution in [0, 0.1) is 5.92 Å². The summed E-state index contributed by atoms with van der Waals surface area (Å²) in [6, 6.07) is 2.73. The molecule has 0 saturated heterocycles. The predicted octanol–water partition coefficient (Wildman–Crippen LogP) is 1.76. The normalized spacial score (nSPS) is 24.5. The number of benzene rings is 1. The third-order valence-electron chi connectivity index (χ3n) is 3.82. The summed E-state index contributed by atoms with van der Waals surface area (Å²) in [7, 11) is 0. The number of carboxylic acids is 1. The summed E-state index contributed by atoms with van der Waals surface area (Å²) in [4.78, 5) is 23.3. The van der Waals surface area contributed by atoms with Crippen LogP contribution < -0.4 is 4.74 Å². The van der Waals surface area contributed by atoms with Gasteiger partial charge in [0, 0.05) is 6.07 Å². The molecule has 0 spiro atoms. The molecule has 5 heteroatoms. The Balaban J connectivity index is 2.10. The number of fused-ring (bicyclic) bond motifs is 2. The maximum Gasteiger partial charge on any atom is 0.307 e. The number of aromatic hydroxyl groups is 1. The Labute approximate surface area is 109 Å². The number of rotatable bonds is 2. The highest BCUT2D eigenvalue weighted by Gasteiger charge is 2.41. The molecule has 2 atom stereocenters. The van der Waals surface area contributed by atoms with Gasteiger partial charge in [0.2, 0.25) is 0 Å². The Morgan fingerprint density at radius 3 is 2.89 bits per heavy atom. The van der Waals surface area contributed by atoms with Crippen molar-refractivity contribution in [2.24, 2.45) is 5.92 Å². The lowest BCUT2D eigenvalue weighted by molar-refractivity contribution is -0.136. The molecule has 19 heavy (non-hydrogen) atoms. The minimum atomic E-state index is -1.03. The van der Waals surface area contributed by atoms with Crippen LogP contribution in [-0.4, -0.2) is 28.1 Å². The summed E-state index contributed by atoms with van der Waals surface area (Å²) in [5, 5.41) is 18.5. The Morgan fingerprint density at radius 1 is 1.37 bits per heavy atom. The molecule has 5 nitrogen and oxygen atoms in total. The average Bonchev–Trinajstić information content (AvgIpc) is 2.75.